The van der Waals surface area contributed by atoms with Gasteiger partial charge in [0.2, 0.25) is 0 Å². The third kappa shape index (κ3) is 2.77. The molecule has 1 aliphatic rings. The maximum Gasteiger partial charge on any atom is 0.0320 e. The van der Waals surface area contributed by atoms with E-state index < -0.39 is 0 Å². The number of likely N-dealkylation sites (tertiary alicyclic amines) is 1. The molecule has 1 aliphatic heterocycles. The standard InChI is InChI=1S/C17H27N/c1-5-15-11-18(12-17(15)13(2)3)14(4)16-9-7-6-8-10-16/h6-10,13-15,17H,5,11-12H2,1-4H3/t14-,15-,17-/m1/s1. The van der Waals surface area contributed by atoms with Gasteiger partial charge in [0.05, 0.1) is 0 Å². The summed E-state index contributed by atoms with van der Waals surface area (Å²) in [7, 11) is 0. The Morgan fingerprint density at radius 3 is 2.28 bits per heavy atom. The van der Waals surface area contributed by atoms with Crippen molar-refractivity contribution in [3.05, 3.63) is 35.9 Å². The van der Waals surface area contributed by atoms with Gasteiger partial charge in [0.1, 0.15) is 0 Å². The van der Waals surface area contributed by atoms with Crippen LogP contribution in [0.25, 0.3) is 0 Å². The number of rotatable bonds is 4. The molecular weight excluding hydrogens is 218 g/mol. The Kier molecular flexibility index (Phi) is 4.45. The SMILES string of the molecule is CC[C@@H]1CN([C@H](C)c2ccccc2)C[C@@H]1C(C)C. The molecular formula is C17H27N. The number of hydrogen-bond acceptors (Lipinski definition) is 1. The molecule has 1 fully saturated rings. The lowest BCUT2D eigenvalue weighted by Gasteiger charge is -2.25. The molecule has 18 heavy (non-hydrogen) atoms. The molecule has 1 nitrogen and oxygen atoms in total. The van der Waals surface area contributed by atoms with Gasteiger partial charge in [0, 0.05) is 19.1 Å². The lowest BCUT2D eigenvalue weighted by molar-refractivity contribution is 0.242. The molecule has 100 valence electrons. The quantitative estimate of drug-likeness (QED) is 0.761. The molecule has 0 bridgehead atoms. The summed E-state index contributed by atoms with van der Waals surface area (Å²) in [6.07, 6.45) is 1.32. The fourth-order valence-corrected chi connectivity index (χ4v) is 3.38. The topological polar surface area (TPSA) is 3.24 Å². The molecule has 0 aliphatic carbocycles. The lowest BCUT2D eigenvalue weighted by Crippen LogP contribution is -2.25. The van der Waals surface area contributed by atoms with Crippen molar-refractivity contribution < 1.29 is 0 Å². The third-order valence-electron chi connectivity index (χ3n) is 4.73. The number of hydrogen-bond donors (Lipinski definition) is 0. The fraction of sp³-hybridized carbons (Fsp3) is 0.647. The Bertz CT molecular complexity index is 357. The molecule has 0 radical (unpaired) electrons. The summed E-state index contributed by atoms with van der Waals surface area (Å²) >= 11 is 0. The molecule has 1 saturated heterocycles. The van der Waals surface area contributed by atoms with Gasteiger partial charge < -0.3 is 0 Å². The second-order valence-electron chi connectivity index (χ2n) is 6.12. The molecule has 0 N–H and O–H groups in total. The van der Waals surface area contributed by atoms with Gasteiger partial charge in [-0.15, -0.1) is 0 Å². The fourth-order valence-electron chi connectivity index (χ4n) is 3.38. The first-order chi connectivity index (χ1) is 8.63. The van der Waals surface area contributed by atoms with Gasteiger partial charge in [-0.3, -0.25) is 4.90 Å². The van der Waals surface area contributed by atoms with Gasteiger partial charge in [-0.05, 0) is 30.2 Å². The minimum atomic E-state index is 0.559. The van der Waals surface area contributed by atoms with Crippen molar-refractivity contribution in [2.24, 2.45) is 17.8 Å². The Morgan fingerprint density at radius 2 is 1.78 bits per heavy atom. The second kappa shape index (κ2) is 5.88. The van der Waals surface area contributed by atoms with Gasteiger partial charge in [0.25, 0.3) is 0 Å². The average Bonchev–Trinajstić information content (AvgIpc) is 2.83. The van der Waals surface area contributed by atoms with Gasteiger partial charge in [-0.1, -0.05) is 57.5 Å². The third-order valence-corrected chi connectivity index (χ3v) is 4.73. The van der Waals surface area contributed by atoms with Gasteiger partial charge in [-0.25, -0.2) is 0 Å². The van der Waals surface area contributed by atoms with Gasteiger partial charge in [0.15, 0.2) is 0 Å². The van der Waals surface area contributed by atoms with E-state index in [2.05, 4.69) is 62.9 Å². The van der Waals surface area contributed by atoms with Crippen molar-refractivity contribution in [3.63, 3.8) is 0 Å². The van der Waals surface area contributed by atoms with E-state index in [0.29, 0.717) is 6.04 Å². The highest BCUT2D eigenvalue weighted by Crippen LogP contribution is 2.36. The molecule has 3 atom stereocenters. The van der Waals surface area contributed by atoms with Gasteiger partial charge in [-0.2, -0.15) is 0 Å². The Morgan fingerprint density at radius 1 is 1.11 bits per heavy atom. The maximum absolute atomic E-state index is 2.67. The van der Waals surface area contributed by atoms with E-state index in [1.165, 1.54) is 25.1 Å². The minimum absolute atomic E-state index is 0.559. The van der Waals surface area contributed by atoms with Crippen molar-refractivity contribution in [2.75, 3.05) is 13.1 Å². The van der Waals surface area contributed by atoms with E-state index in [-0.39, 0.29) is 0 Å². The zero-order valence-electron chi connectivity index (χ0n) is 12.3. The minimum Gasteiger partial charge on any atom is -0.296 e. The highest BCUT2D eigenvalue weighted by atomic mass is 15.2. The number of benzene rings is 1. The van der Waals surface area contributed by atoms with E-state index in [4.69, 9.17) is 0 Å². The van der Waals surface area contributed by atoms with Crippen LogP contribution in [-0.2, 0) is 0 Å². The zero-order chi connectivity index (χ0) is 13.1. The monoisotopic (exact) mass is 245 g/mol. The predicted octanol–water partition coefficient (Wildman–Crippen LogP) is 4.36. The smallest absolute Gasteiger partial charge is 0.0320 e. The molecule has 0 aromatic heterocycles. The van der Waals surface area contributed by atoms with Crippen LogP contribution in [0.4, 0.5) is 0 Å². The van der Waals surface area contributed by atoms with Crippen LogP contribution in [0, 0.1) is 17.8 Å². The molecule has 2 rings (SSSR count). The zero-order valence-corrected chi connectivity index (χ0v) is 12.3. The molecule has 1 aromatic carbocycles. The first kappa shape index (κ1) is 13.6. The Hall–Kier alpha value is -0.820. The summed E-state index contributed by atoms with van der Waals surface area (Å²) < 4.78 is 0. The van der Waals surface area contributed by atoms with E-state index >= 15 is 0 Å². The van der Waals surface area contributed by atoms with Crippen molar-refractivity contribution in [2.45, 2.75) is 40.2 Å². The molecule has 0 amide bonds. The second-order valence-corrected chi connectivity index (χ2v) is 6.12. The van der Waals surface area contributed by atoms with Crippen LogP contribution in [0.1, 0.15) is 45.7 Å². The molecule has 0 saturated carbocycles. The van der Waals surface area contributed by atoms with Gasteiger partial charge >= 0.3 is 0 Å². The maximum atomic E-state index is 2.67. The van der Waals surface area contributed by atoms with Crippen molar-refractivity contribution in [1.29, 1.82) is 0 Å². The van der Waals surface area contributed by atoms with Crippen molar-refractivity contribution in [1.82, 2.24) is 4.90 Å². The highest BCUT2D eigenvalue weighted by Gasteiger charge is 2.35. The Labute approximate surface area is 112 Å². The summed E-state index contributed by atoms with van der Waals surface area (Å²) in [5.74, 6) is 2.57. The summed E-state index contributed by atoms with van der Waals surface area (Å²) in [6.45, 7) is 12.0. The van der Waals surface area contributed by atoms with Crippen LogP contribution >= 0.6 is 0 Å². The number of nitrogens with zero attached hydrogens (tertiary/aromatic N) is 1. The van der Waals surface area contributed by atoms with Crippen LogP contribution in [0.3, 0.4) is 0 Å². The summed E-state index contributed by atoms with van der Waals surface area (Å²) in [4.78, 5) is 2.67. The first-order valence-electron chi connectivity index (χ1n) is 7.42. The molecule has 0 unspecified atom stereocenters. The largest absolute Gasteiger partial charge is 0.296 e. The highest BCUT2D eigenvalue weighted by molar-refractivity contribution is 5.18. The summed E-state index contributed by atoms with van der Waals surface area (Å²) in [6, 6.07) is 11.5. The van der Waals surface area contributed by atoms with Crippen LogP contribution in [-0.4, -0.2) is 18.0 Å². The first-order valence-corrected chi connectivity index (χ1v) is 7.42. The summed E-state index contributed by atoms with van der Waals surface area (Å²) in [5, 5.41) is 0. The average molecular weight is 245 g/mol. The van der Waals surface area contributed by atoms with Crippen LogP contribution < -0.4 is 0 Å². The molecule has 0 spiro atoms. The molecule has 1 aromatic rings. The van der Waals surface area contributed by atoms with E-state index in [1.807, 2.05) is 0 Å². The Balaban J connectivity index is 2.07. The van der Waals surface area contributed by atoms with E-state index in [1.54, 1.807) is 0 Å². The van der Waals surface area contributed by atoms with Crippen molar-refractivity contribution in [3.8, 4) is 0 Å². The van der Waals surface area contributed by atoms with E-state index in [9.17, 15) is 0 Å². The summed E-state index contributed by atoms with van der Waals surface area (Å²) in [5.41, 5.74) is 1.46. The van der Waals surface area contributed by atoms with Crippen LogP contribution in [0.5, 0.6) is 0 Å². The normalized spacial score (nSPS) is 26.7. The molecule has 1 heterocycles. The van der Waals surface area contributed by atoms with Crippen molar-refractivity contribution >= 4 is 0 Å². The van der Waals surface area contributed by atoms with Crippen LogP contribution in [0.2, 0.25) is 0 Å². The van der Waals surface area contributed by atoms with E-state index in [0.717, 1.165) is 17.8 Å². The lowest BCUT2D eigenvalue weighted by atomic mass is 9.85. The molecule has 1 heteroatoms. The predicted molar refractivity (Wildman–Crippen MR) is 78.5 cm³/mol. The van der Waals surface area contributed by atoms with Crippen LogP contribution in [0.15, 0.2) is 30.3 Å².